The van der Waals surface area contributed by atoms with E-state index in [2.05, 4.69) is 34.9 Å². The van der Waals surface area contributed by atoms with Gasteiger partial charge in [0.1, 0.15) is 0 Å². The summed E-state index contributed by atoms with van der Waals surface area (Å²) in [5.74, 6) is -2.33. The Labute approximate surface area is 304 Å². The SMILES string of the molecule is O=C(Nc1ccc(S(=O)(=O)N2CCC(Nc3cccc4ccccc34)CC2)cc1)c1cc(S(=O)(=O)C2CCCc3ccccc3CC2)cc(O)c1O. The molecule has 1 aliphatic heterocycles. The Morgan fingerprint density at radius 1 is 0.712 bits per heavy atom. The van der Waals surface area contributed by atoms with Gasteiger partial charge in [0.2, 0.25) is 10.0 Å². The van der Waals surface area contributed by atoms with E-state index in [1.807, 2.05) is 42.5 Å². The van der Waals surface area contributed by atoms with Crippen molar-refractivity contribution in [3.63, 3.8) is 0 Å². The van der Waals surface area contributed by atoms with Crippen molar-refractivity contribution >= 4 is 47.9 Å². The van der Waals surface area contributed by atoms with Gasteiger partial charge in [-0.15, -0.1) is 0 Å². The molecule has 5 aromatic rings. The molecule has 52 heavy (non-hydrogen) atoms. The van der Waals surface area contributed by atoms with Crippen molar-refractivity contribution in [3.05, 3.63) is 120 Å². The average molecular weight is 740 g/mol. The first-order valence-electron chi connectivity index (χ1n) is 17.5. The van der Waals surface area contributed by atoms with E-state index in [1.165, 1.54) is 34.1 Å². The number of hydrogen-bond acceptors (Lipinski definition) is 8. The Morgan fingerprint density at radius 2 is 1.38 bits per heavy atom. The molecule has 1 aliphatic carbocycles. The number of hydrogen-bond donors (Lipinski definition) is 4. The Balaban J connectivity index is 1.00. The fourth-order valence-electron chi connectivity index (χ4n) is 7.33. The fourth-order valence-corrected chi connectivity index (χ4v) is 10.6. The third-order valence-electron chi connectivity index (χ3n) is 10.3. The molecule has 5 aromatic carbocycles. The van der Waals surface area contributed by atoms with Crippen LogP contribution in [0.2, 0.25) is 0 Å². The molecule has 1 saturated heterocycles. The number of aromatic hydroxyl groups is 2. The number of carbonyl (C=O) groups excluding carboxylic acids is 1. The summed E-state index contributed by atoms with van der Waals surface area (Å²) in [7, 11) is -7.76. The average Bonchev–Trinajstić information content (AvgIpc) is 3.13. The molecule has 7 rings (SSSR count). The molecule has 1 heterocycles. The van der Waals surface area contributed by atoms with Crippen LogP contribution >= 0.6 is 0 Å². The summed E-state index contributed by atoms with van der Waals surface area (Å²) in [6.45, 7) is 0.693. The highest BCUT2D eigenvalue weighted by Crippen LogP contribution is 2.36. The van der Waals surface area contributed by atoms with Crippen molar-refractivity contribution in [2.45, 2.75) is 66.0 Å². The molecular formula is C40H41N3O7S2. The summed E-state index contributed by atoms with van der Waals surface area (Å²) in [5, 5.41) is 28.8. The second kappa shape index (κ2) is 14.6. The molecule has 1 unspecified atom stereocenters. The highest BCUT2D eigenvalue weighted by Gasteiger charge is 2.32. The maximum atomic E-state index is 13.8. The van der Waals surface area contributed by atoms with Gasteiger partial charge in [-0.3, -0.25) is 4.79 Å². The zero-order valence-corrected chi connectivity index (χ0v) is 30.2. The van der Waals surface area contributed by atoms with Crippen molar-refractivity contribution < 1.29 is 31.8 Å². The molecule has 0 bridgehead atoms. The highest BCUT2D eigenvalue weighted by atomic mass is 32.2. The predicted molar refractivity (Wildman–Crippen MR) is 202 cm³/mol. The van der Waals surface area contributed by atoms with Crippen molar-refractivity contribution in [3.8, 4) is 11.5 Å². The zero-order valence-electron chi connectivity index (χ0n) is 28.5. The van der Waals surface area contributed by atoms with Crippen LogP contribution in [0.25, 0.3) is 10.8 Å². The Morgan fingerprint density at radius 3 is 2.13 bits per heavy atom. The van der Waals surface area contributed by atoms with Gasteiger partial charge in [0.05, 0.1) is 20.6 Å². The van der Waals surface area contributed by atoms with Crippen molar-refractivity contribution in [1.82, 2.24) is 4.31 Å². The summed E-state index contributed by atoms with van der Waals surface area (Å²) < 4.78 is 56.1. The van der Waals surface area contributed by atoms with Crippen LogP contribution in [0.4, 0.5) is 11.4 Å². The van der Waals surface area contributed by atoms with Gasteiger partial charge in [-0.25, -0.2) is 16.8 Å². The second-order valence-electron chi connectivity index (χ2n) is 13.5. The number of nitrogens with zero attached hydrogens (tertiary/aromatic N) is 1. The zero-order chi connectivity index (χ0) is 36.5. The van der Waals surface area contributed by atoms with E-state index < -0.39 is 48.1 Å². The molecule has 1 atom stereocenters. The molecule has 1 fully saturated rings. The Bertz CT molecular complexity index is 2330. The van der Waals surface area contributed by atoms with Gasteiger partial charge in [0, 0.05) is 42.0 Å². The number of piperidine rings is 1. The summed E-state index contributed by atoms with van der Waals surface area (Å²) in [6, 6.07) is 30.1. The quantitative estimate of drug-likeness (QED) is 0.126. The number of sulfonamides is 1. The van der Waals surface area contributed by atoms with Gasteiger partial charge in [-0.05, 0) is 97.9 Å². The number of nitrogens with one attached hydrogen (secondary N) is 2. The Kier molecular flexibility index (Phi) is 9.97. The number of anilines is 2. The van der Waals surface area contributed by atoms with Crippen LogP contribution in [0.5, 0.6) is 11.5 Å². The molecule has 0 spiro atoms. The summed E-state index contributed by atoms with van der Waals surface area (Å²) in [6.07, 6.45) is 4.11. The molecule has 4 N–H and O–H groups in total. The molecule has 10 nitrogen and oxygen atoms in total. The van der Waals surface area contributed by atoms with Crippen LogP contribution in [0.3, 0.4) is 0 Å². The van der Waals surface area contributed by atoms with Crippen molar-refractivity contribution in [2.75, 3.05) is 23.7 Å². The lowest BCUT2D eigenvalue weighted by molar-refractivity contribution is 0.102. The van der Waals surface area contributed by atoms with Gasteiger partial charge in [0.25, 0.3) is 5.91 Å². The second-order valence-corrected chi connectivity index (χ2v) is 17.7. The number of rotatable bonds is 8. The summed E-state index contributed by atoms with van der Waals surface area (Å²) in [5.41, 5.74) is 3.18. The normalized spacial score (nSPS) is 17.5. The van der Waals surface area contributed by atoms with Gasteiger partial charge >= 0.3 is 0 Å². The fraction of sp³-hybridized carbons (Fsp3) is 0.275. The molecule has 0 saturated carbocycles. The minimum absolute atomic E-state index is 0.0707. The number of fused-ring (bicyclic) bond motifs is 2. The number of phenols is 2. The number of benzene rings is 5. The maximum absolute atomic E-state index is 13.8. The highest BCUT2D eigenvalue weighted by molar-refractivity contribution is 7.92. The van der Waals surface area contributed by atoms with E-state index in [9.17, 15) is 31.8 Å². The predicted octanol–water partition coefficient (Wildman–Crippen LogP) is 6.88. The van der Waals surface area contributed by atoms with Crippen molar-refractivity contribution in [2.24, 2.45) is 0 Å². The third-order valence-corrected chi connectivity index (χ3v) is 14.4. The lowest BCUT2D eigenvalue weighted by Gasteiger charge is -2.32. The lowest BCUT2D eigenvalue weighted by Crippen LogP contribution is -2.42. The van der Waals surface area contributed by atoms with Gasteiger partial charge in [0.15, 0.2) is 21.3 Å². The van der Waals surface area contributed by atoms with Gasteiger partial charge in [-0.2, -0.15) is 4.31 Å². The van der Waals surface area contributed by atoms with E-state index in [0.29, 0.717) is 51.6 Å². The smallest absolute Gasteiger partial charge is 0.259 e. The molecule has 12 heteroatoms. The number of sulfone groups is 1. The first kappa shape index (κ1) is 35.5. The summed E-state index contributed by atoms with van der Waals surface area (Å²) >= 11 is 0. The molecule has 0 radical (unpaired) electrons. The van der Waals surface area contributed by atoms with Crippen LogP contribution in [-0.4, -0.2) is 61.6 Å². The molecule has 0 aromatic heterocycles. The van der Waals surface area contributed by atoms with E-state index in [1.54, 1.807) is 0 Å². The van der Waals surface area contributed by atoms with Crippen molar-refractivity contribution in [1.29, 1.82) is 0 Å². The standard InChI is InChI=1S/C40H41N3O7S2/c44-38-26-34(51(47,48)32-12-5-10-27-7-1-2-8-28(27)15-18-32)25-36(39(38)45)40(46)42-30-16-19-33(20-17-30)52(49,50)43-23-21-31(22-24-43)41-37-14-6-11-29-9-3-4-13-35(29)37/h1-4,6-9,11,13-14,16-17,19-20,25-26,31-32,41,44-45H,5,10,12,15,18,21-24H2,(H,42,46). The van der Waals surface area contributed by atoms with Gasteiger partial charge in [-0.1, -0.05) is 60.7 Å². The first-order chi connectivity index (χ1) is 25.0. The minimum Gasteiger partial charge on any atom is -0.504 e. The number of carbonyl (C=O) groups is 1. The summed E-state index contributed by atoms with van der Waals surface area (Å²) in [4.78, 5) is 13.2. The van der Waals surface area contributed by atoms with E-state index in [-0.39, 0.29) is 21.5 Å². The number of phenolic OH excluding ortho intramolecular Hbond substituents is 2. The molecule has 270 valence electrons. The maximum Gasteiger partial charge on any atom is 0.259 e. The lowest BCUT2D eigenvalue weighted by atomic mass is 9.93. The first-order valence-corrected chi connectivity index (χ1v) is 20.5. The van der Waals surface area contributed by atoms with E-state index in [0.717, 1.165) is 40.6 Å². The van der Waals surface area contributed by atoms with Crippen LogP contribution in [0, 0.1) is 0 Å². The molecule has 1 amide bonds. The molecule has 2 aliphatic rings. The number of amides is 1. The number of aryl methyl sites for hydroxylation is 2. The monoisotopic (exact) mass is 739 g/mol. The largest absolute Gasteiger partial charge is 0.504 e. The molecular weight excluding hydrogens is 699 g/mol. The van der Waals surface area contributed by atoms with Crippen LogP contribution in [0.1, 0.15) is 53.6 Å². The minimum atomic E-state index is -3.96. The van der Waals surface area contributed by atoms with Crippen LogP contribution in [0.15, 0.2) is 113 Å². The Hall–Kier alpha value is -4.91. The topological polar surface area (TPSA) is 153 Å². The van der Waals surface area contributed by atoms with Crippen LogP contribution < -0.4 is 10.6 Å². The third kappa shape index (κ3) is 7.23. The van der Waals surface area contributed by atoms with E-state index in [4.69, 9.17) is 0 Å². The van der Waals surface area contributed by atoms with Gasteiger partial charge < -0.3 is 20.8 Å². The van der Waals surface area contributed by atoms with E-state index >= 15 is 0 Å². The van der Waals surface area contributed by atoms with Crippen LogP contribution in [-0.2, 0) is 32.7 Å².